The number of benzene rings is 1. The molecule has 5 aromatic rings. The first-order valence-electron chi connectivity index (χ1n) is 9.77. The molecule has 0 unspecified atom stereocenters. The Balaban J connectivity index is 1.59. The molecule has 0 aliphatic carbocycles. The van der Waals surface area contributed by atoms with Crippen LogP contribution in [0.15, 0.2) is 70.4 Å². The zero-order valence-corrected chi connectivity index (χ0v) is 17.0. The van der Waals surface area contributed by atoms with Crippen molar-refractivity contribution in [1.29, 1.82) is 0 Å². The van der Waals surface area contributed by atoms with Crippen molar-refractivity contribution in [2.45, 2.75) is 13.5 Å². The molecule has 0 saturated carbocycles. The minimum Gasteiger partial charge on any atom is -0.441 e. The van der Waals surface area contributed by atoms with Gasteiger partial charge in [-0.15, -0.1) is 0 Å². The largest absolute Gasteiger partial charge is 0.441 e. The number of aryl methyl sites for hydroxylation is 2. The molecular weight excluding hydrogens is 394 g/mol. The lowest BCUT2D eigenvalue weighted by atomic mass is 10.2. The van der Waals surface area contributed by atoms with Gasteiger partial charge < -0.3 is 9.30 Å². The molecule has 5 rings (SSSR count). The van der Waals surface area contributed by atoms with Crippen LogP contribution in [0.4, 0.5) is 0 Å². The molecule has 0 saturated heterocycles. The van der Waals surface area contributed by atoms with Crippen LogP contribution >= 0.6 is 0 Å². The Kier molecular flexibility index (Phi) is 4.39. The minimum absolute atomic E-state index is 0.186. The van der Waals surface area contributed by atoms with Gasteiger partial charge in [0.2, 0.25) is 0 Å². The van der Waals surface area contributed by atoms with Gasteiger partial charge in [0.15, 0.2) is 5.88 Å². The Bertz CT molecular complexity index is 1560. The van der Waals surface area contributed by atoms with Gasteiger partial charge in [-0.05, 0) is 37.3 Å². The predicted molar refractivity (Wildman–Crippen MR) is 118 cm³/mol. The summed E-state index contributed by atoms with van der Waals surface area (Å²) in [5.74, 6) is 0.901. The van der Waals surface area contributed by atoms with E-state index in [0.29, 0.717) is 23.7 Å². The average molecular weight is 413 g/mol. The molecule has 0 bridgehead atoms. The smallest absolute Gasteiger partial charge is 0.291 e. The molecule has 0 aliphatic heterocycles. The fourth-order valence-electron chi connectivity index (χ4n) is 3.77. The molecule has 0 fully saturated rings. The topological polar surface area (TPSA) is 94.8 Å². The van der Waals surface area contributed by atoms with Crippen LogP contribution in [0.25, 0.3) is 21.8 Å². The number of rotatable bonds is 4. The van der Waals surface area contributed by atoms with Crippen LogP contribution in [0.1, 0.15) is 11.4 Å². The van der Waals surface area contributed by atoms with Gasteiger partial charge in [0.05, 0.1) is 24.0 Å². The maximum Gasteiger partial charge on any atom is 0.291 e. The standard InChI is InChI=1S/C23H19N5O3/c1-14-5-3-6-15(25-14)13-28-23(30)22-18(12-24-28)17-10-9-16(11-19(17)27(22)2)31-21-8-4-7-20(29)26-21/h3-12H,13H2,1-2H3,(H,26,29). The van der Waals surface area contributed by atoms with Crippen LogP contribution in [-0.4, -0.2) is 24.3 Å². The van der Waals surface area contributed by atoms with Crippen molar-refractivity contribution in [2.24, 2.45) is 7.05 Å². The SMILES string of the molecule is Cc1cccc(Cn2ncc3c4ccc(Oc5cccc(=O)[nH]5)cc4n(C)c3c2=O)n1. The van der Waals surface area contributed by atoms with E-state index in [9.17, 15) is 9.59 Å². The monoisotopic (exact) mass is 413 g/mol. The first-order valence-corrected chi connectivity index (χ1v) is 9.77. The highest BCUT2D eigenvalue weighted by atomic mass is 16.5. The molecule has 4 aromatic heterocycles. The van der Waals surface area contributed by atoms with E-state index in [1.165, 1.54) is 10.7 Å². The van der Waals surface area contributed by atoms with Gasteiger partial charge in [0.1, 0.15) is 11.3 Å². The summed E-state index contributed by atoms with van der Waals surface area (Å²) in [6, 6.07) is 16.0. The second-order valence-electron chi connectivity index (χ2n) is 7.36. The lowest BCUT2D eigenvalue weighted by molar-refractivity contribution is 0.462. The molecule has 1 aromatic carbocycles. The zero-order valence-electron chi connectivity index (χ0n) is 17.0. The van der Waals surface area contributed by atoms with Crippen molar-refractivity contribution >= 4 is 21.8 Å². The van der Waals surface area contributed by atoms with Crippen LogP contribution in [0, 0.1) is 6.92 Å². The summed E-state index contributed by atoms with van der Waals surface area (Å²) in [7, 11) is 1.84. The zero-order chi connectivity index (χ0) is 21.5. The third kappa shape index (κ3) is 3.38. The van der Waals surface area contributed by atoms with Crippen LogP contribution in [-0.2, 0) is 13.6 Å². The van der Waals surface area contributed by atoms with Crippen molar-refractivity contribution in [3.63, 3.8) is 0 Å². The van der Waals surface area contributed by atoms with E-state index in [-0.39, 0.29) is 11.1 Å². The van der Waals surface area contributed by atoms with E-state index in [4.69, 9.17) is 4.74 Å². The van der Waals surface area contributed by atoms with E-state index < -0.39 is 0 Å². The molecule has 8 heteroatoms. The number of hydrogen-bond acceptors (Lipinski definition) is 5. The molecule has 0 atom stereocenters. The second-order valence-corrected chi connectivity index (χ2v) is 7.36. The second kappa shape index (κ2) is 7.24. The first-order chi connectivity index (χ1) is 15.0. The maximum absolute atomic E-state index is 13.2. The van der Waals surface area contributed by atoms with Crippen molar-refractivity contribution in [3.05, 3.63) is 92.9 Å². The first kappa shape index (κ1) is 18.8. The quantitative estimate of drug-likeness (QED) is 0.489. The number of aromatic nitrogens is 5. The number of H-pyrrole nitrogens is 1. The van der Waals surface area contributed by atoms with Gasteiger partial charge in [-0.1, -0.05) is 12.1 Å². The number of aromatic amines is 1. The molecule has 1 N–H and O–H groups in total. The van der Waals surface area contributed by atoms with Crippen LogP contribution in [0.2, 0.25) is 0 Å². The summed E-state index contributed by atoms with van der Waals surface area (Å²) in [5.41, 5.74) is 2.63. The van der Waals surface area contributed by atoms with Gasteiger partial charge in [0, 0.05) is 35.6 Å². The lowest BCUT2D eigenvalue weighted by Gasteiger charge is -2.06. The van der Waals surface area contributed by atoms with E-state index in [2.05, 4.69) is 15.1 Å². The summed E-state index contributed by atoms with van der Waals surface area (Å²) in [4.78, 5) is 31.8. The van der Waals surface area contributed by atoms with E-state index in [0.717, 1.165) is 27.7 Å². The number of nitrogens with one attached hydrogen (secondary N) is 1. The van der Waals surface area contributed by atoms with Crippen LogP contribution in [0.3, 0.4) is 0 Å². The molecule has 0 amide bonds. The van der Waals surface area contributed by atoms with Crippen LogP contribution in [0.5, 0.6) is 11.6 Å². The van der Waals surface area contributed by atoms with Gasteiger partial charge in [-0.3, -0.25) is 19.6 Å². The number of nitrogens with zero attached hydrogens (tertiary/aromatic N) is 4. The Labute approximate surface area is 176 Å². The van der Waals surface area contributed by atoms with Gasteiger partial charge >= 0.3 is 0 Å². The summed E-state index contributed by atoms with van der Waals surface area (Å²) >= 11 is 0. The van der Waals surface area contributed by atoms with Crippen molar-refractivity contribution in [2.75, 3.05) is 0 Å². The number of hydrogen-bond donors (Lipinski definition) is 1. The van der Waals surface area contributed by atoms with Crippen molar-refractivity contribution in [1.82, 2.24) is 24.3 Å². The van der Waals surface area contributed by atoms with E-state index in [1.807, 2.05) is 48.9 Å². The van der Waals surface area contributed by atoms with E-state index >= 15 is 0 Å². The van der Waals surface area contributed by atoms with E-state index in [1.54, 1.807) is 24.4 Å². The van der Waals surface area contributed by atoms with Crippen molar-refractivity contribution < 1.29 is 4.74 Å². The Morgan fingerprint density at radius 2 is 1.87 bits per heavy atom. The van der Waals surface area contributed by atoms with Crippen molar-refractivity contribution in [3.8, 4) is 11.6 Å². The third-order valence-corrected chi connectivity index (χ3v) is 5.20. The molecule has 0 radical (unpaired) electrons. The molecular formula is C23H19N5O3. The van der Waals surface area contributed by atoms with Gasteiger partial charge in [-0.2, -0.15) is 5.10 Å². The number of fused-ring (bicyclic) bond motifs is 3. The molecule has 4 heterocycles. The maximum atomic E-state index is 13.2. The molecule has 154 valence electrons. The third-order valence-electron chi connectivity index (χ3n) is 5.20. The van der Waals surface area contributed by atoms with Gasteiger partial charge in [-0.25, -0.2) is 4.68 Å². The number of pyridine rings is 2. The summed E-state index contributed by atoms with van der Waals surface area (Å²) in [6.45, 7) is 2.21. The highest BCUT2D eigenvalue weighted by molar-refractivity contribution is 6.07. The van der Waals surface area contributed by atoms with Crippen LogP contribution < -0.4 is 15.9 Å². The summed E-state index contributed by atoms with van der Waals surface area (Å²) < 4.78 is 9.05. The lowest BCUT2D eigenvalue weighted by Crippen LogP contribution is -2.24. The Morgan fingerprint density at radius 3 is 2.68 bits per heavy atom. The minimum atomic E-state index is -0.238. The summed E-state index contributed by atoms with van der Waals surface area (Å²) in [5, 5.41) is 6.05. The molecule has 0 spiro atoms. The average Bonchev–Trinajstić information content (AvgIpc) is 3.02. The molecule has 0 aliphatic rings. The Hall–Kier alpha value is -4.20. The Morgan fingerprint density at radius 1 is 1.03 bits per heavy atom. The predicted octanol–water partition coefficient (Wildman–Crippen LogP) is 3.12. The number of ether oxygens (including phenoxy) is 1. The van der Waals surface area contributed by atoms with Gasteiger partial charge in [0.25, 0.3) is 11.1 Å². The fraction of sp³-hybridized carbons (Fsp3) is 0.130. The molecule has 31 heavy (non-hydrogen) atoms. The normalized spacial score (nSPS) is 11.3. The summed E-state index contributed by atoms with van der Waals surface area (Å²) in [6.07, 6.45) is 1.71. The fourth-order valence-corrected chi connectivity index (χ4v) is 3.77. The highest BCUT2D eigenvalue weighted by Gasteiger charge is 2.15. The molecule has 8 nitrogen and oxygen atoms in total. The highest BCUT2D eigenvalue weighted by Crippen LogP contribution is 2.30.